The number of aliphatic imine (C=N–C) groups is 1. The molecule has 0 spiro atoms. The Kier molecular flexibility index (Phi) is 9.00. The molecule has 1 aliphatic rings. The summed E-state index contributed by atoms with van der Waals surface area (Å²) in [5.74, 6) is 2.33. The highest BCUT2D eigenvalue weighted by Gasteiger charge is 2.19. The van der Waals surface area contributed by atoms with E-state index in [0.29, 0.717) is 12.0 Å². The Morgan fingerprint density at radius 3 is 2.24 bits per heavy atom. The number of nitrogens with zero attached hydrogens (tertiary/aromatic N) is 1. The third kappa shape index (κ3) is 7.11. The minimum absolute atomic E-state index is 0. The molecule has 1 aliphatic carbocycles. The first-order chi connectivity index (χ1) is 7.61. The fourth-order valence-electron chi connectivity index (χ4n) is 2.39. The summed E-state index contributed by atoms with van der Waals surface area (Å²) in [7, 11) is 0. The molecule has 102 valence electrons. The van der Waals surface area contributed by atoms with E-state index in [1.165, 1.54) is 32.1 Å². The van der Waals surface area contributed by atoms with Crippen LogP contribution in [0.3, 0.4) is 0 Å². The zero-order valence-corrected chi connectivity index (χ0v) is 13.7. The van der Waals surface area contributed by atoms with Crippen LogP contribution < -0.4 is 11.1 Å². The summed E-state index contributed by atoms with van der Waals surface area (Å²) >= 11 is 0. The number of nitrogens with one attached hydrogen (secondary N) is 1. The molecule has 0 aromatic carbocycles. The van der Waals surface area contributed by atoms with E-state index in [0.717, 1.165) is 18.4 Å². The smallest absolute Gasteiger partial charge is 0.188 e. The second kappa shape index (κ2) is 9.00. The fourth-order valence-corrected chi connectivity index (χ4v) is 2.39. The molecule has 0 unspecified atom stereocenters. The summed E-state index contributed by atoms with van der Waals surface area (Å²) in [6, 6.07) is 0.375. The molecule has 4 heteroatoms. The molecular weight excluding hydrogens is 325 g/mol. The Morgan fingerprint density at radius 2 is 1.76 bits per heavy atom. The second-order valence-electron chi connectivity index (χ2n) is 5.32. The Hall–Kier alpha value is 0. The van der Waals surface area contributed by atoms with E-state index in [4.69, 9.17) is 5.73 Å². The number of guanidine groups is 1. The van der Waals surface area contributed by atoms with Gasteiger partial charge >= 0.3 is 0 Å². The summed E-state index contributed by atoms with van der Waals surface area (Å²) < 4.78 is 0. The highest BCUT2D eigenvalue weighted by molar-refractivity contribution is 14.0. The molecule has 1 rings (SSSR count). The number of nitrogens with two attached hydrogens (primary N) is 1. The maximum absolute atomic E-state index is 5.78. The van der Waals surface area contributed by atoms with E-state index >= 15 is 0 Å². The average Bonchev–Trinajstić information content (AvgIpc) is 2.26. The monoisotopic (exact) mass is 353 g/mol. The molecule has 0 radical (unpaired) electrons. The van der Waals surface area contributed by atoms with Gasteiger partial charge in [0.05, 0.1) is 0 Å². The number of rotatable bonds is 4. The molecule has 0 aliphatic heterocycles. The molecule has 0 aromatic heterocycles. The van der Waals surface area contributed by atoms with Gasteiger partial charge in [0.1, 0.15) is 0 Å². The van der Waals surface area contributed by atoms with Gasteiger partial charge in [0.15, 0.2) is 5.96 Å². The number of hydrogen-bond acceptors (Lipinski definition) is 1. The lowest BCUT2D eigenvalue weighted by atomic mass is 9.81. The van der Waals surface area contributed by atoms with Crippen molar-refractivity contribution in [2.24, 2.45) is 22.6 Å². The van der Waals surface area contributed by atoms with Crippen molar-refractivity contribution in [3.63, 3.8) is 0 Å². The van der Waals surface area contributed by atoms with Crippen molar-refractivity contribution in [3.05, 3.63) is 0 Å². The van der Waals surface area contributed by atoms with Crippen molar-refractivity contribution in [2.45, 2.75) is 58.9 Å². The Balaban J connectivity index is 0.00000256. The molecule has 0 amide bonds. The van der Waals surface area contributed by atoms with E-state index in [2.05, 4.69) is 31.1 Å². The Labute approximate surface area is 123 Å². The number of halogens is 1. The first-order valence-corrected chi connectivity index (χ1v) is 6.68. The Bertz CT molecular complexity index is 221. The fraction of sp³-hybridized carbons (Fsp3) is 0.923. The van der Waals surface area contributed by atoms with Crippen molar-refractivity contribution in [2.75, 3.05) is 6.54 Å². The van der Waals surface area contributed by atoms with Crippen LogP contribution in [-0.4, -0.2) is 18.5 Å². The van der Waals surface area contributed by atoms with Crippen molar-refractivity contribution in [1.29, 1.82) is 0 Å². The normalized spacial score (nSPS) is 25.5. The maximum Gasteiger partial charge on any atom is 0.188 e. The van der Waals surface area contributed by atoms with Crippen molar-refractivity contribution < 1.29 is 0 Å². The minimum atomic E-state index is 0. The van der Waals surface area contributed by atoms with Crippen molar-refractivity contribution >= 4 is 29.9 Å². The van der Waals surface area contributed by atoms with Crippen LogP contribution in [0.2, 0.25) is 0 Å². The molecule has 3 nitrogen and oxygen atoms in total. The van der Waals surface area contributed by atoms with E-state index in [1.54, 1.807) is 0 Å². The summed E-state index contributed by atoms with van der Waals surface area (Å²) in [6.45, 7) is 7.36. The van der Waals surface area contributed by atoms with Gasteiger partial charge in [0, 0.05) is 12.6 Å². The zero-order chi connectivity index (χ0) is 12.0. The molecule has 17 heavy (non-hydrogen) atoms. The molecule has 0 saturated heterocycles. The average molecular weight is 353 g/mol. The third-order valence-corrected chi connectivity index (χ3v) is 3.50. The van der Waals surface area contributed by atoms with Gasteiger partial charge in [0.2, 0.25) is 0 Å². The first-order valence-electron chi connectivity index (χ1n) is 6.68. The largest absolute Gasteiger partial charge is 0.370 e. The van der Waals surface area contributed by atoms with Crippen LogP contribution in [0.15, 0.2) is 4.99 Å². The summed E-state index contributed by atoms with van der Waals surface area (Å²) in [6.07, 6.45) is 6.77. The minimum Gasteiger partial charge on any atom is -0.370 e. The molecular formula is C13H28IN3. The molecule has 0 heterocycles. The predicted molar refractivity (Wildman–Crippen MR) is 85.9 cm³/mol. The SMILES string of the molecule is CCC1CCC(CN=C(N)NC(C)C)CC1.I. The first kappa shape index (κ1) is 17.0. The van der Waals surface area contributed by atoms with Crippen LogP contribution in [0.1, 0.15) is 52.9 Å². The second-order valence-corrected chi connectivity index (χ2v) is 5.32. The van der Waals surface area contributed by atoms with Crippen LogP contribution in [0.25, 0.3) is 0 Å². The molecule has 0 bridgehead atoms. The summed E-state index contributed by atoms with van der Waals surface area (Å²) in [4.78, 5) is 4.42. The van der Waals surface area contributed by atoms with Gasteiger partial charge in [-0.3, -0.25) is 4.99 Å². The lowest BCUT2D eigenvalue weighted by molar-refractivity contribution is 0.274. The van der Waals surface area contributed by atoms with E-state index in [9.17, 15) is 0 Å². The summed E-state index contributed by atoms with van der Waals surface area (Å²) in [5.41, 5.74) is 5.78. The molecule has 1 saturated carbocycles. The van der Waals surface area contributed by atoms with Crippen molar-refractivity contribution in [3.8, 4) is 0 Å². The lowest BCUT2D eigenvalue weighted by Gasteiger charge is -2.26. The zero-order valence-electron chi connectivity index (χ0n) is 11.4. The van der Waals surface area contributed by atoms with Crippen LogP contribution >= 0.6 is 24.0 Å². The van der Waals surface area contributed by atoms with Gasteiger partial charge in [-0.15, -0.1) is 24.0 Å². The van der Waals surface area contributed by atoms with Gasteiger partial charge in [-0.25, -0.2) is 0 Å². The van der Waals surface area contributed by atoms with Gasteiger partial charge in [-0.2, -0.15) is 0 Å². The van der Waals surface area contributed by atoms with E-state index in [-0.39, 0.29) is 24.0 Å². The summed E-state index contributed by atoms with van der Waals surface area (Å²) in [5, 5.41) is 3.13. The van der Waals surface area contributed by atoms with E-state index in [1.807, 2.05) is 0 Å². The topological polar surface area (TPSA) is 50.4 Å². The van der Waals surface area contributed by atoms with Crippen LogP contribution in [-0.2, 0) is 0 Å². The van der Waals surface area contributed by atoms with Gasteiger partial charge in [-0.1, -0.05) is 26.2 Å². The van der Waals surface area contributed by atoms with Crippen LogP contribution in [0, 0.1) is 11.8 Å². The van der Waals surface area contributed by atoms with Gasteiger partial charge < -0.3 is 11.1 Å². The highest BCUT2D eigenvalue weighted by atomic mass is 127. The quantitative estimate of drug-likeness (QED) is 0.464. The molecule has 3 N–H and O–H groups in total. The number of hydrogen-bond donors (Lipinski definition) is 2. The van der Waals surface area contributed by atoms with Gasteiger partial charge in [-0.05, 0) is 38.5 Å². The predicted octanol–water partition coefficient (Wildman–Crippen LogP) is 3.13. The van der Waals surface area contributed by atoms with Crippen LogP contribution in [0.5, 0.6) is 0 Å². The van der Waals surface area contributed by atoms with E-state index < -0.39 is 0 Å². The Morgan fingerprint density at radius 1 is 1.24 bits per heavy atom. The van der Waals surface area contributed by atoms with Crippen LogP contribution in [0.4, 0.5) is 0 Å². The third-order valence-electron chi connectivity index (χ3n) is 3.50. The molecule has 1 fully saturated rings. The molecule has 0 aromatic rings. The molecule has 0 atom stereocenters. The van der Waals surface area contributed by atoms with Gasteiger partial charge in [0.25, 0.3) is 0 Å². The maximum atomic E-state index is 5.78. The standard InChI is InChI=1S/C13H27N3.HI/c1-4-11-5-7-12(8-6-11)9-15-13(14)16-10(2)3;/h10-12H,4-9H2,1-3H3,(H3,14,15,16);1H. The lowest BCUT2D eigenvalue weighted by Crippen LogP contribution is -2.37. The van der Waals surface area contributed by atoms with Crippen molar-refractivity contribution in [1.82, 2.24) is 5.32 Å². The highest BCUT2D eigenvalue weighted by Crippen LogP contribution is 2.30.